The molecule has 1 aromatic rings. The van der Waals surface area contributed by atoms with E-state index in [1.54, 1.807) is 12.1 Å². The van der Waals surface area contributed by atoms with Gasteiger partial charge in [-0.05, 0) is 30.2 Å². The van der Waals surface area contributed by atoms with Crippen LogP contribution in [0.2, 0.25) is 0 Å². The van der Waals surface area contributed by atoms with Crippen LogP contribution in [0.3, 0.4) is 0 Å². The number of phenols is 1. The normalized spacial score (nSPS) is 20.2. The molecule has 0 saturated carbocycles. The second-order valence-corrected chi connectivity index (χ2v) is 3.07. The van der Waals surface area contributed by atoms with Crippen LogP contribution >= 0.6 is 0 Å². The van der Waals surface area contributed by atoms with Gasteiger partial charge in [-0.1, -0.05) is 0 Å². The summed E-state index contributed by atoms with van der Waals surface area (Å²) in [5, 5.41) is 21.2. The minimum Gasteiger partial charge on any atom is -0.508 e. The molecule has 2 rings (SSSR count). The van der Waals surface area contributed by atoms with Gasteiger partial charge in [0.05, 0.1) is 12.6 Å². The topological polar surface area (TPSA) is 52.5 Å². The summed E-state index contributed by atoms with van der Waals surface area (Å²) in [6, 6.07) is 5.32. The van der Waals surface area contributed by atoms with Gasteiger partial charge in [-0.15, -0.1) is 0 Å². The van der Waals surface area contributed by atoms with Crippen LogP contribution in [0.5, 0.6) is 5.75 Å². The van der Waals surface area contributed by atoms with Crippen molar-refractivity contribution in [1.82, 2.24) is 0 Å². The first kappa shape index (κ1) is 7.43. The zero-order chi connectivity index (χ0) is 8.55. The third-order valence-electron chi connectivity index (χ3n) is 2.14. The van der Waals surface area contributed by atoms with Crippen LogP contribution in [0, 0.1) is 0 Å². The molecule has 1 atom stereocenters. The highest BCUT2D eigenvalue weighted by molar-refractivity contribution is 5.58. The molecule has 0 amide bonds. The van der Waals surface area contributed by atoms with Crippen LogP contribution in [0.15, 0.2) is 18.2 Å². The summed E-state index contributed by atoms with van der Waals surface area (Å²) in [4.78, 5) is 0. The fourth-order valence-corrected chi connectivity index (χ4v) is 1.54. The summed E-state index contributed by atoms with van der Waals surface area (Å²) >= 11 is 0. The molecule has 0 fully saturated rings. The molecule has 3 N–H and O–H groups in total. The summed E-state index contributed by atoms with van der Waals surface area (Å²) in [6.45, 7) is 0.134. The zero-order valence-corrected chi connectivity index (χ0v) is 6.62. The number of benzene rings is 1. The molecule has 1 aromatic carbocycles. The van der Waals surface area contributed by atoms with Gasteiger partial charge in [0.25, 0.3) is 0 Å². The Morgan fingerprint density at radius 2 is 2.33 bits per heavy atom. The maximum atomic E-state index is 9.17. The van der Waals surface area contributed by atoms with Crippen molar-refractivity contribution in [1.29, 1.82) is 0 Å². The van der Waals surface area contributed by atoms with E-state index >= 15 is 0 Å². The fraction of sp³-hybridized carbons (Fsp3) is 0.333. The van der Waals surface area contributed by atoms with E-state index in [9.17, 15) is 0 Å². The van der Waals surface area contributed by atoms with E-state index in [4.69, 9.17) is 10.2 Å². The van der Waals surface area contributed by atoms with Gasteiger partial charge in [0.2, 0.25) is 0 Å². The number of hydrogen-bond acceptors (Lipinski definition) is 3. The summed E-state index contributed by atoms with van der Waals surface area (Å²) < 4.78 is 0. The average Bonchev–Trinajstić information content (AvgIpc) is 2.46. The molecular formula is C9H11NO2. The quantitative estimate of drug-likeness (QED) is 0.537. The van der Waals surface area contributed by atoms with E-state index < -0.39 is 0 Å². The first-order chi connectivity index (χ1) is 5.79. The molecule has 0 spiro atoms. The molecule has 64 valence electrons. The summed E-state index contributed by atoms with van der Waals surface area (Å²) in [5.74, 6) is 0.286. The predicted molar refractivity (Wildman–Crippen MR) is 46.3 cm³/mol. The van der Waals surface area contributed by atoms with Crippen molar-refractivity contribution >= 4 is 5.69 Å². The maximum Gasteiger partial charge on any atom is 0.116 e. The summed E-state index contributed by atoms with van der Waals surface area (Å²) in [7, 11) is 0. The van der Waals surface area contributed by atoms with Crippen molar-refractivity contribution in [2.24, 2.45) is 0 Å². The molecule has 0 aliphatic carbocycles. The Balaban J connectivity index is 2.30. The van der Waals surface area contributed by atoms with E-state index in [1.807, 2.05) is 6.07 Å². The van der Waals surface area contributed by atoms with E-state index in [1.165, 1.54) is 0 Å². The van der Waals surface area contributed by atoms with E-state index in [2.05, 4.69) is 5.32 Å². The molecule has 0 unspecified atom stereocenters. The van der Waals surface area contributed by atoms with Crippen molar-refractivity contribution in [2.75, 3.05) is 11.9 Å². The van der Waals surface area contributed by atoms with E-state index in [-0.39, 0.29) is 18.4 Å². The Kier molecular flexibility index (Phi) is 1.66. The number of hydrogen-bond donors (Lipinski definition) is 3. The lowest BCUT2D eigenvalue weighted by atomic mass is 10.1. The van der Waals surface area contributed by atoms with Gasteiger partial charge in [0.15, 0.2) is 0 Å². The minimum atomic E-state index is 0.113. The number of aliphatic hydroxyl groups is 1. The van der Waals surface area contributed by atoms with Crippen LogP contribution in [0.1, 0.15) is 5.56 Å². The Labute approximate surface area is 70.7 Å². The van der Waals surface area contributed by atoms with Crippen molar-refractivity contribution in [3.8, 4) is 5.75 Å². The zero-order valence-electron chi connectivity index (χ0n) is 6.62. The number of fused-ring (bicyclic) bond motifs is 1. The monoisotopic (exact) mass is 165 g/mol. The number of nitrogens with one attached hydrogen (secondary N) is 1. The lowest BCUT2D eigenvalue weighted by Crippen LogP contribution is -2.19. The maximum absolute atomic E-state index is 9.17. The Morgan fingerprint density at radius 3 is 3.08 bits per heavy atom. The molecule has 1 aliphatic rings. The molecule has 0 aromatic heterocycles. The number of anilines is 1. The number of phenolic OH excluding ortho intramolecular Hbond substituents is 1. The highest BCUT2D eigenvalue weighted by Gasteiger charge is 2.19. The lowest BCUT2D eigenvalue weighted by molar-refractivity contribution is 0.277. The van der Waals surface area contributed by atoms with Gasteiger partial charge >= 0.3 is 0 Å². The standard InChI is InChI=1S/C9H11NO2/c11-5-7-3-6-4-8(12)1-2-9(6)10-7/h1-2,4,7,10-12H,3,5H2/t7-/m0/s1. The smallest absolute Gasteiger partial charge is 0.116 e. The fourth-order valence-electron chi connectivity index (χ4n) is 1.54. The number of aromatic hydroxyl groups is 1. The van der Waals surface area contributed by atoms with Crippen LogP contribution < -0.4 is 5.32 Å². The van der Waals surface area contributed by atoms with Crippen molar-refractivity contribution in [3.05, 3.63) is 23.8 Å². The predicted octanol–water partition coefficient (Wildman–Crippen LogP) is 0.721. The lowest BCUT2D eigenvalue weighted by Gasteiger charge is -2.04. The molecule has 0 bridgehead atoms. The Bertz CT molecular complexity index is 299. The van der Waals surface area contributed by atoms with E-state index in [0.29, 0.717) is 0 Å². The molecule has 0 radical (unpaired) electrons. The second-order valence-electron chi connectivity index (χ2n) is 3.07. The third kappa shape index (κ3) is 1.12. The first-order valence-corrected chi connectivity index (χ1v) is 3.99. The highest BCUT2D eigenvalue weighted by Crippen LogP contribution is 2.28. The molecule has 3 nitrogen and oxygen atoms in total. The van der Waals surface area contributed by atoms with Gasteiger partial charge in [-0.2, -0.15) is 0 Å². The van der Waals surface area contributed by atoms with Gasteiger partial charge in [0, 0.05) is 5.69 Å². The SMILES string of the molecule is OC[C@@H]1Cc2cc(O)ccc2N1. The molecule has 0 saturated heterocycles. The largest absolute Gasteiger partial charge is 0.508 e. The van der Waals surface area contributed by atoms with Crippen molar-refractivity contribution in [2.45, 2.75) is 12.5 Å². The van der Waals surface area contributed by atoms with Gasteiger partial charge in [-0.3, -0.25) is 0 Å². The van der Waals surface area contributed by atoms with E-state index in [0.717, 1.165) is 17.7 Å². The van der Waals surface area contributed by atoms with Gasteiger partial charge < -0.3 is 15.5 Å². The summed E-state index contributed by atoms with van der Waals surface area (Å²) in [6.07, 6.45) is 0.792. The average molecular weight is 165 g/mol. The minimum absolute atomic E-state index is 0.113. The molecular weight excluding hydrogens is 154 g/mol. The molecule has 12 heavy (non-hydrogen) atoms. The van der Waals surface area contributed by atoms with Gasteiger partial charge in [0.1, 0.15) is 5.75 Å². The van der Waals surface area contributed by atoms with Crippen LogP contribution in [-0.4, -0.2) is 22.9 Å². The van der Waals surface area contributed by atoms with Crippen LogP contribution in [0.25, 0.3) is 0 Å². The van der Waals surface area contributed by atoms with Crippen molar-refractivity contribution in [3.63, 3.8) is 0 Å². The Hall–Kier alpha value is -1.22. The third-order valence-corrected chi connectivity index (χ3v) is 2.14. The highest BCUT2D eigenvalue weighted by atomic mass is 16.3. The Morgan fingerprint density at radius 1 is 1.50 bits per heavy atom. The molecule has 1 heterocycles. The molecule has 1 aliphatic heterocycles. The van der Waals surface area contributed by atoms with Crippen molar-refractivity contribution < 1.29 is 10.2 Å². The number of rotatable bonds is 1. The first-order valence-electron chi connectivity index (χ1n) is 3.99. The van der Waals surface area contributed by atoms with Gasteiger partial charge in [-0.25, -0.2) is 0 Å². The second kappa shape index (κ2) is 2.68. The van der Waals surface area contributed by atoms with Crippen LogP contribution in [-0.2, 0) is 6.42 Å². The summed E-state index contributed by atoms with van der Waals surface area (Å²) in [5.41, 5.74) is 2.10. The molecule has 3 heteroatoms. The van der Waals surface area contributed by atoms with Crippen LogP contribution in [0.4, 0.5) is 5.69 Å². The number of aliphatic hydroxyl groups excluding tert-OH is 1.